The van der Waals surface area contributed by atoms with Crippen molar-refractivity contribution in [2.75, 3.05) is 11.1 Å². The van der Waals surface area contributed by atoms with Crippen molar-refractivity contribution < 1.29 is 0 Å². The summed E-state index contributed by atoms with van der Waals surface area (Å²) in [5, 5.41) is 3.48. The fraction of sp³-hybridized carbons (Fsp3) is 0.286. The van der Waals surface area contributed by atoms with Gasteiger partial charge in [0.15, 0.2) is 0 Å². The number of nitrogens with zero attached hydrogens (tertiary/aromatic N) is 1. The van der Waals surface area contributed by atoms with E-state index in [0.717, 1.165) is 28.2 Å². The van der Waals surface area contributed by atoms with Gasteiger partial charge in [0, 0.05) is 22.9 Å². The molecular formula is C21H25N3. The Balaban J connectivity index is 2.36. The summed E-state index contributed by atoms with van der Waals surface area (Å²) in [5.41, 5.74) is 17.3. The van der Waals surface area contributed by atoms with Crippen molar-refractivity contribution in [3.63, 3.8) is 0 Å². The first kappa shape index (κ1) is 16.3. The van der Waals surface area contributed by atoms with Crippen LogP contribution in [0.25, 0.3) is 0 Å². The SMILES string of the molecule is C=C(C)C1=C(C)Nc2c(N)cnc(C)c2C1c1ccc(C)cc1C. The number of rotatable bonds is 2. The van der Waals surface area contributed by atoms with Gasteiger partial charge in [-0.25, -0.2) is 0 Å². The molecule has 1 aromatic carbocycles. The van der Waals surface area contributed by atoms with Gasteiger partial charge in [-0.3, -0.25) is 4.98 Å². The molecule has 2 aromatic rings. The molecule has 124 valence electrons. The maximum Gasteiger partial charge on any atom is 0.0743 e. The van der Waals surface area contributed by atoms with Crippen LogP contribution < -0.4 is 11.1 Å². The summed E-state index contributed by atoms with van der Waals surface area (Å²) < 4.78 is 0. The lowest BCUT2D eigenvalue weighted by Gasteiger charge is -2.34. The number of nitrogens with two attached hydrogens (primary N) is 1. The van der Waals surface area contributed by atoms with E-state index in [-0.39, 0.29) is 5.92 Å². The van der Waals surface area contributed by atoms with E-state index in [2.05, 4.69) is 62.8 Å². The predicted molar refractivity (Wildman–Crippen MR) is 102 cm³/mol. The number of aromatic nitrogens is 1. The van der Waals surface area contributed by atoms with E-state index in [9.17, 15) is 0 Å². The summed E-state index contributed by atoms with van der Waals surface area (Å²) in [4.78, 5) is 4.52. The third kappa shape index (κ3) is 2.50. The molecule has 1 aliphatic heterocycles. The van der Waals surface area contributed by atoms with E-state index >= 15 is 0 Å². The predicted octanol–water partition coefficient (Wildman–Crippen LogP) is 5.00. The Morgan fingerprint density at radius 3 is 2.54 bits per heavy atom. The van der Waals surface area contributed by atoms with E-state index in [1.165, 1.54) is 22.3 Å². The van der Waals surface area contributed by atoms with Crippen molar-refractivity contribution in [3.8, 4) is 0 Å². The fourth-order valence-electron chi connectivity index (χ4n) is 3.77. The van der Waals surface area contributed by atoms with Crippen molar-refractivity contribution in [2.45, 2.75) is 40.5 Å². The number of pyridine rings is 1. The monoisotopic (exact) mass is 319 g/mol. The van der Waals surface area contributed by atoms with Crippen LogP contribution in [0.3, 0.4) is 0 Å². The molecule has 0 amide bonds. The van der Waals surface area contributed by atoms with Crippen LogP contribution in [0.5, 0.6) is 0 Å². The highest BCUT2D eigenvalue weighted by atomic mass is 14.9. The second kappa shape index (κ2) is 5.82. The number of nitrogens with one attached hydrogen (secondary N) is 1. The molecule has 0 spiro atoms. The summed E-state index contributed by atoms with van der Waals surface area (Å²) in [6.07, 6.45) is 1.74. The van der Waals surface area contributed by atoms with Gasteiger partial charge >= 0.3 is 0 Å². The molecule has 0 fully saturated rings. The number of fused-ring (bicyclic) bond motifs is 1. The smallest absolute Gasteiger partial charge is 0.0743 e. The second-order valence-corrected chi connectivity index (χ2v) is 6.82. The van der Waals surface area contributed by atoms with Crippen molar-refractivity contribution >= 4 is 11.4 Å². The number of aryl methyl sites for hydroxylation is 3. The molecule has 3 N–H and O–H groups in total. The lowest BCUT2D eigenvalue weighted by Crippen LogP contribution is -2.21. The van der Waals surface area contributed by atoms with Crippen LogP contribution >= 0.6 is 0 Å². The van der Waals surface area contributed by atoms with Crippen molar-refractivity contribution in [2.24, 2.45) is 0 Å². The Bertz CT molecular complexity index is 875. The van der Waals surface area contributed by atoms with E-state index in [0.29, 0.717) is 5.69 Å². The Kier molecular flexibility index (Phi) is 3.96. The number of anilines is 2. The molecule has 0 bridgehead atoms. The zero-order valence-electron chi connectivity index (χ0n) is 15.1. The Morgan fingerprint density at radius 1 is 1.21 bits per heavy atom. The summed E-state index contributed by atoms with van der Waals surface area (Å²) in [6.45, 7) is 14.7. The highest BCUT2D eigenvalue weighted by Gasteiger charge is 2.32. The largest absolute Gasteiger partial charge is 0.396 e. The summed E-state index contributed by atoms with van der Waals surface area (Å²) in [7, 11) is 0. The van der Waals surface area contributed by atoms with Crippen molar-refractivity contribution in [3.05, 3.63) is 75.8 Å². The van der Waals surface area contributed by atoms with E-state index in [1.54, 1.807) is 6.20 Å². The maximum atomic E-state index is 6.23. The molecule has 2 heterocycles. The van der Waals surface area contributed by atoms with Gasteiger partial charge in [-0.2, -0.15) is 0 Å². The lowest BCUT2D eigenvalue weighted by atomic mass is 9.76. The lowest BCUT2D eigenvalue weighted by molar-refractivity contribution is 0.880. The third-order valence-electron chi connectivity index (χ3n) is 4.84. The fourth-order valence-corrected chi connectivity index (χ4v) is 3.77. The van der Waals surface area contributed by atoms with Gasteiger partial charge in [-0.05, 0) is 51.3 Å². The molecule has 1 unspecified atom stereocenters. The van der Waals surface area contributed by atoms with Gasteiger partial charge in [-0.15, -0.1) is 0 Å². The highest BCUT2D eigenvalue weighted by molar-refractivity contribution is 5.78. The van der Waals surface area contributed by atoms with Crippen molar-refractivity contribution in [1.82, 2.24) is 4.98 Å². The Labute approximate surface area is 144 Å². The minimum atomic E-state index is 0.107. The Hall–Kier alpha value is -2.55. The zero-order chi connectivity index (χ0) is 17.6. The van der Waals surface area contributed by atoms with E-state index < -0.39 is 0 Å². The average Bonchev–Trinajstić information content (AvgIpc) is 2.50. The number of hydrogen-bond acceptors (Lipinski definition) is 3. The second-order valence-electron chi connectivity index (χ2n) is 6.82. The summed E-state index contributed by atoms with van der Waals surface area (Å²) >= 11 is 0. The number of hydrogen-bond donors (Lipinski definition) is 2. The zero-order valence-corrected chi connectivity index (χ0v) is 15.1. The van der Waals surface area contributed by atoms with Gasteiger partial charge in [-0.1, -0.05) is 35.9 Å². The normalized spacial score (nSPS) is 16.6. The van der Waals surface area contributed by atoms with Crippen LogP contribution in [-0.2, 0) is 0 Å². The molecule has 0 saturated carbocycles. The molecule has 0 aliphatic carbocycles. The topological polar surface area (TPSA) is 50.9 Å². The number of benzene rings is 1. The van der Waals surface area contributed by atoms with Crippen LogP contribution in [-0.4, -0.2) is 4.98 Å². The first-order chi connectivity index (χ1) is 11.3. The number of nitrogen functional groups attached to an aromatic ring is 1. The molecular weight excluding hydrogens is 294 g/mol. The quantitative estimate of drug-likeness (QED) is 0.819. The molecule has 0 radical (unpaired) electrons. The minimum absolute atomic E-state index is 0.107. The summed E-state index contributed by atoms with van der Waals surface area (Å²) in [6, 6.07) is 6.63. The molecule has 3 heteroatoms. The molecule has 3 rings (SSSR count). The van der Waals surface area contributed by atoms with E-state index in [4.69, 9.17) is 5.73 Å². The van der Waals surface area contributed by atoms with Crippen molar-refractivity contribution in [1.29, 1.82) is 0 Å². The van der Waals surface area contributed by atoms with Crippen LogP contribution in [0.15, 0.2) is 47.8 Å². The van der Waals surface area contributed by atoms with Gasteiger partial charge in [0.25, 0.3) is 0 Å². The highest BCUT2D eigenvalue weighted by Crippen LogP contribution is 2.47. The van der Waals surface area contributed by atoms with Crippen LogP contribution in [0.2, 0.25) is 0 Å². The van der Waals surface area contributed by atoms with Gasteiger partial charge in [0.1, 0.15) is 0 Å². The van der Waals surface area contributed by atoms with E-state index in [1.807, 2.05) is 6.92 Å². The molecule has 3 nitrogen and oxygen atoms in total. The van der Waals surface area contributed by atoms with Gasteiger partial charge in [0.05, 0.1) is 17.6 Å². The minimum Gasteiger partial charge on any atom is -0.396 e. The molecule has 1 aliphatic rings. The maximum absolute atomic E-state index is 6.23. The molecule has 1 atom stereocenters. The van der Waals surface area contributed by atoms with Crippen LogP contribution in [0, 0.1) is 20.8 Å². The molecule has 1 aromatic heterocycles. The first-order valence-corrected chi connectivity index (χ1v) is 8.27. The molecule has 0 saturated heterocycles. The Morgan fingerprint density at radius 2 is 1.92 bits per heavy atom. The first-order valence-electron chi connectivity index (χ1n) is 8.27. The summed E-state index contributed by atoms with van der Waals surface area (Å²) in [5.74, 6) is 0.107. The van der Waals surface area contributed by atoms with Gasteiger partial charge < -0.3 is 11.1 Å². The van der Waals surface area contributed by atoms with Crippen LogP contribution in [0.1, 0.15) is 47.7 Å². The molecule has 24 heavy (non-hydrogen) atoms. The standard InChI is InChI=1S/C21H25N3/c1-11(2)18-15(6)24-21-17(22)10-23-14(5)19(21)20(18)16-8-7-12(3)9-13(16)4/h7-10,20,24H,1,22H2,2-6H3. The number of allylic oxidation sites excluding steroid dienone is 3. The van der Waals surface area contributed by atoms with Crippen LogP contribution in [0.4, 0.5) is 11.4 Å². The third-order valence-corrected chi connectivity index (χ3v) is 4.84. The average molecular weight is 319 g/mol. The van der Waals surface area contributed by atoms with Gasteiger partial charge in [0.2, 0.25) is 0 Å².